The number of phosphoric acid groups is 1. The van der Waals surface area contributed by atoms with Gasteiger partial charge in [0, 0.05) is 6.42 Å². The van der Waals surface area contributed by atoms with Gasteiger partial charge in [0.25, 0.3) is 0 Å². The minimum atomic E-state index is -4.35. The summed E-state index contributed by atoms with van der Waals surface area (Å²) >= 11 is 0. The zero-order chi connectivity index (χ0) is 47.8. The van der Waals surface area contributed by atoms with E-state index in [4.69, 9.17) is 9.05 Å². The van der Waals surface area contributed by atoms with Gasteiger partial charge in [-0.3, -0.25) is 13.8 Å². The number of unbranched alkanes of at least 4 members (excludes halogenated alkanes) is 34. The molecule has 0 bridgehead atoms. The first kappa shape index (κ1) is 63.7. The smallest absolute Gasteiger partial charge is 0.387 e. The lowest BCUT2D eigenvalue weighted by molar-refractivity contribution is -0.870. The molecule has 0 aromatic heterocycles. The summed E-state index contributed by atoms with van der Waals surface area (Å²) in [5.74, 6) is -0.189. The minimum absolute atomic E-state index is 0.0558. The lowest BCUT2D eigenvalue weighted by Gasteiger charge is -2.25. The molecule has 0 fully saturated rings. The van der Waals surface area contributed by atoms with Crippen molar-refractivity contribution >= 4 is 13.7 Å². The van der Waals surface area contributed by atoms with Gasteiger partial charge in [-0.15, -0.1) is 0 Å². The number of aliphatic hydroxyl groups is 1. The van der Waals surface area contributed by atoms with Gasteiger partial charge in [0.1, 0.15) is 13.2 Å². The molecule has 9 heteroatoms. The SMILES string of the molecule is CCCCCCCCCC/C=C\CCCCCCCCCC(=O)NC(COP(=O)(O)OCC[N+](C)(C)C)C(O)/C=C/CC/C=C/CCCCCCCCCCCCCCCCCCCC. The summed E-state index contributed by atoms with van der Waals surface area (Å²) in [6.45, 7) is 4.82. The predicted molar refractivity (Wildman–Crippen MR) is 281 cm³/mol. The fraction of sp³-hybridized carbons (Fsp3) is 0.875. The van der Waals surface area contributed by atoms with Crippen LogP contribution in [0.15, 0.2) is 36.5 Å². The van der Waals surface area contributed by atoms with Gasteiger partial charge in [-0.25, -0.2) is 4.57 Å². The highest BCUT2D eigenvalue weighted by Crippen LogP contribution is 2.43. The van der Waals surface area contributed by atoms with E-state index in [-0.39, 0.29) is 19.1 Å². The molecule has 3 N–H and O–H groups in total. The number of phosphoric ester groups is 1. The molecular weight excluding hydrogens is 828 g/mol. The molecule has 0 aromatic rings. The van der Waals surface area contributed by atoms with E-state index in [0.29, 0.717) is 17.4 Å². The Morgan fingerprint density at radius 2 is 0.846 bits per heavy atom. The number of allylic oxidation sites excluding steroid dienone is 5. The zero-order valence-corrected chi connectivity index (χ0v) is 44.6. The number of quaternary nitrogens is 1. The van der Waals surface area contributed by atoms with Gasteiger partial charge in [0.05, 0.1) is 39.9 Å². The van der Waals surface area contributed by atoms with Gasteiger partial charge in [-0.2, -0.15) is 0 Å². The Bertz CT molecular complexity index is 1150. The molecule has 1 amide bonds. The first-order chi connectivity index (χ1) is 31.5. The number of rotatable bonds is 51. The molecule has 0 rings (SSSR count). The van der Waals surface area contributed by atoms with Crippen LogP contribution >= 0.6 is 7.82 Å². The maximum atomic E-state index is 12.9. The van der Waals surface area contributed by atoms with Gasteiger partial charge in [-0.1, -0.05) is 237 Å². The summed E-state index contributed by atoms with van der Waals surface area (Å²) in [7, 11) is 1.56. The molecule has 0 aromatic carbocycles. The average molecular weight is 938 g/mol. The Hall–Kier alpha value is -1.28. The van der Waals surface area contributed by atoms with Crippen molar-refractivity contribution < 1.29 is 32.9 Å². The number of amides is 1. The monoisotopic (exact) mass is 938 g/mol. The summed E-state index contributed by atoms with van der Waals surface area (Å²) in [6, 6.07) is -0.865. The van der Waals surface area contributed by atoms with Crippen LogP contribution in [0, 0.1) is 0 Å². The van der Waals surface area contributed by atoms with E-state index in [9.17, 15) is 19.4 Å². The molecule has 0 heterocycles. The van der Waals surface area contributed by atoms with E-state index in [1.165, 1.54) is 205 Å². The number of likely N-dealkylation sites (N-methyl/N-ethyl adjacent to an activating group) is 1. The number of aliphatic hydroxyl groups excluding tert-OH is 1. The maximum Gasteiger partial charge on any atom is 0.472 e. The third-order valence-corrected chi connectivity index (χ3v) is 13.6. The Balaban J connectivity index is 4.29. The molecule has 0 aliphatic carbocycles. The van der Waals surface area contributed by atoms with Crippen molar-refractivity contribution in [2.24, 2.45) is 0 Å². The van der Waals surface area contributed by atoms with Crippen LogP contribution in [0.2, 0.25) is 0 Å². The van der Waals surface area contributed by atoms with Crippen LogP contribution in [0.1, 0.15) is 264 Å². The molecule has 0 aliphatic rings. The molecule has 8 nitrogen and oxygen atoms in total. The van der Waals surface area contributed by atoms with E-state index in [1.54, 1.807) is 6.08 Å². The number of nitrogens with one attached hydrogen (secondary N) is 1. The van der Waals surface area contributed by atoms with Crippen molar-refractivity contribution in [2.45, 2.75) is 276 Å². The molecule has 3 unspecified atom stereocenters. The largest absolute Gasteiger partial charge is 0.472 e. The highest BCUT2D eigenvalue weighted by atomic mass is 31.2. The fourth-order valence-electron chi connectivity index (χ4n) is 8.17. The number of nitrogens with zero attached hydrogens (tertiary/aromatic N) is 1. The molecule has 384 valence electrons. The summed E-state index contributed by atoms with van der Waals surface area (Å²) in [4.78, 5) is 23.3. The van der Waals surface area contributed by atoms with Crippen LogP contribution < -0.4 is 5.32 Å². The Morgan fingerprint density at radius 1 is 0.508 bits per heavy atom. The van der Waals surface area contributed by atoms with Crippen LogP contribution in [-0.2, 0) is 18.4 Å². The third kappa shape index (κ3) is 50.4. The summed E-state index contributed by atoms with van der Waals surface area (Å²) < 4.78 is 23.7. The molecule has 0 saturated carbocycles. The molecular formula is C56H110N2O6P+. The minimum Gasteiger partial charge on any atom is -0.387 e. The Morgan fingerprint density at radius 3 is 1.23 bits per heavy atom. The third-order valence-electron chi connectivity index (χ3n) is 12.6. The highest BCUT2D eigenvalue weighted by Gasteiger charge is 2.27. The average Bonchev–Trinajstić information content (AvgIpc) is 3.26. The van der Waals surface area contributed by atoms with Gasteiger partial charge in [0.15, 0.2) is 0 Å². The molecule has 0 spiro atoms. The Labute approximate surface area is 404 Å². The van der Waals surface area contributed by atoms with E-state index < -0.39 is 20.0 Å². The second-order valence-corrected chi connectivity index (χ2v) is 21.8. The van der Waals surface area contributed by atoms with Crippen LogP contribution in [0.4, 0.5) is 0 Å². The van der Waals surface area contributed by atoms with E-state index in [0.717, 1.165) is 38.5 Å². The first-order valence-electron chi connectivity index (χ1n) is 27.9. The van der Waals surface area contributed by atoms with E-state index in [2.05, 4.69) is 43.5 Å². The van der Waals surface area contributed by atoms with Gasteiger partial charge >= 0.3 is 7.82 Å². The van der Waals surface area contributed by atoms with E-state index >= 15 is 0 Å². The van der Waals surface area contributed by atoms with Crippen LogP contribution in [0.3, 0.4) is 0 Å². The molecule has 0 aliphatic heterocycles. The lowest BCUT2D eigenvalue weighted by atomic mass is 10.0. The zero-order valence-electron chi connectivity index (χ0n) is 43.7. The summed E-state index contributed by atoms with van der Waals surface area (Å²) in [5.41, 5.74) is 0. The standard InChI is InChI=1S/C56H109N2O6P/c1-6-8-10-12-14-16-18-20-22-24-26-27-28-29-30-32-33-35-37-39-41-43-45-47-49-55(59)54(53-64-65(61,62)63-52-51-58(3,4)5)57-56(60)50-48-46-44-42-40-38-36-34-31-25-23-21-19-17-15-13-11-9-7-2/h25,31,39,41,47,49,54-55,59H,6-24,26-30,32-38,40,42-46,48,50-53H2,1-5H3,(H-,57,60,61,62)/p+1/b31-25-,41-39+,49-47+. The van der Waals surface area contributed by atoms with Crippen LogP contribution in [0.25, 0.3) is 0 Å². The quantitative estimate of drug-likeness (QED) is 0.0243. The van der Waals surface area contributed by atoms with Crippen molar-refractivity contribution in [3.63, 3.8) is 0 Å². The number of carbonyl (C=O) groups excluding carboxylic acids is 1. The van der Waals surface area contributed by atoms with Crippen molar-refractivity contribution in [2.75, 3.05) is 40.9 Å². The number of hydrogen-bond acceptors (Lipinski definition) is 5. The first-order valence-corrected chi connectivity index (χ1v) is 29.4. The van der Waals surface area contributed by atoms with Crippen molar-refractivity contribution in [3.8, 4) is 0 Å². The van der Waals surface area contributed by atoms with Gasteiger partial charge in [0.2, 0.25) is 5.91 Å². The summed E-state index contributed by atoms with van der Waals surface area (Å²) in [6.07, 6.45) is 61.0. The van der Waals surface area contributed by atoms with Crippen LogP contribution in [-0.4, -0.2) is 73.4 Å². The normalized spacial score (nSPS) is 14.3. The second-order valence-electron chi connectivity index (χ2n) is 20.3. The number of hydrogen-bond donors (Lipinski definition) is 3. The lowest BCUT2D eigenvalue weighted by Crippen LogP contribution is -2.45. The highest BCUT2D eigenvalue weighted by molar-refractivity contribution is 7.47. The van der Waals surface area contributed by atoms with Crippen LogP contribution in [0.5, 0.6) is 0 Å². The fourth-order valence-corrected chi connectivity index (χ4v) is 8.91. The molecule has 0 saturated heterocycles. The van der Waals surface area contributed by atoms with Gasteiger partial charge in [-0.05, 0) is 57.8 Å². The maximum absolute atomic E-state index is 12.9. The molecule has 3 atom stereocenters. The van der Waals surface area contributed by atoms with Crippen molar-refractivity contribution in [3.05, 3.63) is 36.5 Å². The van der Waals surface area contributed by atoms with Gasteiger partial charge < -0.3 is 19.8 Å². The second kappa shape index (κ2) is 47.8. The van der Waals surface area contributed by atoms with E-state index in [1.807, 2.05) is 27.2 Å². The molecule has 65 heavy (non-hydrogen) atoms. The topological polar surface area (TPSA) is 105 Å². The molecule has 0 radical (unpaired) electrons. The predicted octanol–water partition coefficient (Wildman–Crippen LogP) is 16.6. The van der Waals surface area contributed by atoms with Crippen molar-refractivity contribution in [1.82, 2.24) is 5.32 Å². The number of carbonyl (C=O) groups is 1. The van der Waals surface area contributed by atoms with Crippen molar-refractivity contribution in [1.29, 1.82) is 0 Å². The summed E-state index contributed by atoms with van der Waals surface area (Å²) in [5, 5.41) is 13.9. The Kier molecular flexibility index (Phi) is 46.8.